The quantitative estimate of drug-likeness (QED) is 0.618. The van der Waals surface area contributed by atoms with Crippen LogP contribution in [0.5, 0.6) is 5.75 Å². The van der Waals surface area contributed by atoms with Crippen LogP contribution < -0.4 is 4.74 Å². The molecular formula is C24H24ClN3O3. The van der Waals surface area contributed by atoms with Gasteiger partial charge < -0.3 is 19.5 Å². The zero-order valence-corrected chi connectivity index (χ0v) is 18.1. The van der Waals surface area contributed by atoms with Crippen molar-refractivity contribution in [1.82, 2.24) is 14.8 Å². The molecule has 6 nitrogen and oxygen atoms in total. The highest BCUT2D eigenvalue weighted by molar-refractivity contribution is 6.30. The third-order valence-corrected chi connectivity index (χ3v) is 5.79. The van der Waals surface area contributed by atoms with Crippen LogP contribution in [0, 0.1) is 0 Å². The number of carbonyl (C=O) groups is 2. The van der Waals surface area contributed by atoms with Crippen LogP contribution in [0.25, 0.3) is 17.0 Å². The molecule has 2 amide bonds. The normalized spacial score (nSPS) is 14.4. The van der Waals surface area contributed by atoms with E-state index in [1.54, 1.807) is 36.3 Å². The Labute approximate surface area is 186 Å². The monoisotopic (exact) mass is 437 g/mol. The Hall–Kier alpha value is -3.25. The molecule has 1 saturated heterocycles. The Morgan fingerprint density at radius 1 is 1.10 bits per heavy atom. The van der Waals surface area contributed by atoms with Crippen LogP contribution >= 0.6 is 11.6 Å². The number of hydrogen-bond donors (Lipinski definition) is 1. The second kappa shape index (κ2) is 9.27. The van der Waals surface area contributed by atoms with Crippen molar-refractivity contribution in [2.75, 3.05) is 33.3 Å². The molecule has 0 unspecified atom stereocenters. The van der Waals surface area contributed by atoms with Crippen molar-refractivity contribution in [3.8, 4) is 5.75 Å². The lowest BCUT2D eigenvalue weighted by atomic mass is 10.1. The maximum absolute atomic E-state index is 12.8. The first-order valence-corrected chi connectivity index (χ1v) is 10.6. The molecule has 0 saturated carbocycles. The number of nitrogens with zero attached hydrogens (tertiary/aromatic N) is 2. The molecule has 1 aliphatic heterocycles. The number of rotatable bonds is 5. The summed E-state index contributed by atoms with van der Waals surface area (Å²) in [6.07, 6.45) is 5.49. The predicted octanol–water partition coefficient (Wildman–Crippen LogP) is 3.76. The minimum Gasteiger partial charge on any atom is -0.496 e. The first-order valence-electron chi connectivity index (χ1n) is 10.2. The summed E-state index contributed by atoms with van der Waals surface area (Å²) >= 11 is 6.04. The van der Waals surface area contributed by atoms with Gasteiger partial charge in [-0.1, -0.05) is 29.8 Å². The van der Waals surface area contributed by atoms with Crippen LogP contribution in [0.1, 0.15) is 11.1 Å². The van der Waals surface area contributed by atoms with E-state index in [1.807, 2.05) is 35.4 Å². The fourth-order valence-electron chi connectivity index (χ4n) is 3.83. The number of methoxy groups -OCH3 is 1. The van der Waals surface area contributed by atoms with Gasteiger partial charge in [0.2, 0.25) is 11.8 Å². The molecule has 1 aliphatic rings. The zero-order valence-electron chi connectivity index (χ0n) is 17.3. The number of benzene rings is 2. The zero-order chi connectivity index (χ0) is 21.8. The second-order valence-corrected chi connectivity index (χ2v) is 7.90. The van der Waals surface area contributed by atoms with E-state index in [2.05, 4.69) is 4.98 Å². The van der Waals surface area contributed by atoms with Crippen LogP contribution in [-0.2, 0) is 16.0 Å². The van der Waals surface area contributed by atoms with Crippen molar-refractivity contribution in [1.29, 1.82) is 0 Å². The lowest BCUT2D eigenvalue weighted by molar-refractivity contribution is -0.136. The Bertz CT molecular complexity index is 1130. The largest absolute Gasteiger partial charge is 0.496 e. The average molecular weight is 438 g/mol. The van der Waals surface area contributed by atoms with Gasteiger partial charge in [-0.3, -0.25) is 9.59 Å². The number of amides is 2. The van der Waals surface area contributed by atoms with Gasteiger partial charge in [0.05, 0.1) is 13.5 Å². The lowest BCUT2D eigenvalue weighted by Gasteiger charge is -2.34. The summed E-state index contributed by atoms with van der Waals surface area (Å²) in [5.41, 5.74) is 2.78. The maximum atomic E-state index is 12.8. The number of aromatic amines is 1. The van der Waals surface area contributed by atoms with Gasteiger partial charge >= 0.3 is 0 Å². The summed E-state index contributed by atoms with van der Waals surface area (Å²) in [6, 6.07) is 13.2. The molecule has 31 heavy (non-hydrogen) atoms. The summed E-state index contributed by atoms with van der Waals surface area (Å²) in [7, 11) is 1.58. The number of para-hydroxylation sites is 1. The Morgan fingerprint density at radius 3 is 2.61 bits per heavy atom. The third-order valence-electron chi connectivity index (χ3n) is 5.56. The number of H-pyrrole nitrogens is 1. The van der Waals surface area contributed by atoms with Crippen molar-refractivity contribution in [2.24, 2.45) is 0 Å². The number of fused-ring (bicyclic) bond motifs is 1. The molecule has 0 aliphatic carbocycles. The van der Waals surface area contributed by atoms with Crippen molar-refractivity contribution in [3.05, 3.63) is 70.9 Å². The maximum Gasteiger partial charge on any atom is 0.246 e. The fraction of sp³-hybridized carbons (Fsp3) is 0.250. The number of carbonyl (C=O) groups excluding carboxylic acids is 2. The van der Waals surface area contributed by atoms with Gasteiger partial charge in [0.25, 0.3) is 0 Å². The fourth-order valence-corrected chi connectivity index (χ4v) is 4.01. The van der Waals surface area contributed by atoms with E-state index in [4.69, 9.17) is 16.3 Å². The van der Waals surface area contributed by atoms with Gasteiger partial charge in [0.15, 0.2) is 0 Å². The molecule has 0 atom stereocenters. The number of hydrogen-bond acceptors (Lipinski definition) is 3. The van der Waals surface area contributed by atoms with Crippen LogP contribution in [0.2, 0.25) is 5.02 Å². The second-order valence-electron chi connectivity index (χ2n) is 7.46. The third kappa shape index (κ3) is 4.75. The molecule has 1 N–H and O–H groups in total. The molecule has 7 heteroatoms. The Morgan fingerprint density at radius 2 is 1.84 bits per heavy atom. The van der Waals surface area contributed by atoms with Gasteiger partial charge in [0, 0.05) is 59.9 Å². The number of aromatic nitrogens is 1. The van der Waals surface area contributed by atoms with Crippen LogP contribution in [-0.4, -0.2) is 59.9 Å². The first kappa shape index (κ1) is 21.0. The molecule has 2 heterocycles. The standard InChI is InChI=1S/C24H24ClN3O3/c1-31-22-8-7-19(25)14-17(22)6-9-23(29)27-10-12-28(13-11-27)24(30)15-18-16-26-21-5-3-2-4-20(18)21/h2-9,14,16,26H,10-13,15H2,1H3/b9-6+. The van der Waals surface area contributed by atoms with Crippen molar-refractivity contribution in [3.63, 3.8) is 0 Å². The summed E-state index contributed by atoms with van der Waals surface area (Å²) in [4.78, 5) is 32.2. The highest BCUT2D eigenvalue weighted by atomic mass is 35.5. The van der Waals surface area contributed by atoms with Crippen molar-refractivity contribution >= 4 is 40.4 Å². The SMILES string of the molecule is COc1ccc(Cl)cc1/C=C/C(=O)N1CCN(C(=O)Cc2c[nH]c3ccccc23)CC1. The number of nitrogens with one attached hydrogen (secondary N) is 1. The smallest absolute Gasteiger partial charge is 0.246 e. The molecular weight excluding hydrogens is 414 g/mol. The number of halogens is 1. The molecule has 3 aromatic rings. The minimum absolute atomic E-state index is 0.0797. The molecule has 0 bridgehead atoms. The molecule has 2 aromatic carbocycles. The summed E-state index contributed by atoms with van der Waals surface area (Å²) < 4.78 is 5.31. The van der Waals surface area contributed by atoms with Gasteiger partial charge in [-0.15, -0.1) is 0 Å². The summed E-state index contributed by atoms with van der Waals surface area (Å²) in [5, 5.41) is 1.65. The predicted molar refractivity (Wildman–Crippen MR) is 122 cm³/mol. The summed E-state index contributed by atoms with van der Waals surface area (Å²) in [5.74, 6) is 0.642. The lowest BCUT2D eigenvalue weighted by Crippen LogP contribution is -2.50. The molecule has 0 radical (unpaired) electrons. The van der Waals surface area contributed by atoms with E-state index in [-0.39, 0.29) is 11.8 Å². The van der Waals surface area contributed by atoms with Crippen molar-refractivity contribution < 1.29 is 14.3 Å². The van der Waals surface area contributed by atoms with E-state index >= 15 is 0 Å². The van der Waals surface area contributed by atoms with Crippen LogP contribution in [0.4, 0.5) is 0 Å². The van der Waals surface area contributed by atoms with Crippen LogP contribution in [0.15, 0.2) is 54.7 Å². The Kier molecular flexibility index (Phi) is 6.28. The minimum atomic E-state index is -0.0919. The van der Waals surface area contributed by atoms with E-state index < -0.39 is 0 Å². The molecule has 1 fully saturated rings. The highest BCUT2D eigenvalue weighted by Gasteiger charge is 2.23. The number of piperazine rings is 1. The van der Waals surface area contributed by atoms with Gasteiger partial charge in [0.1, 0.15) is 5.75 Å². The van der Waals surface area contributed by atoms with Crippen LogP contribution in [0.3, 0.4) is 0 Å². The van der Waals surface area contributed by atoms with Crippen molar-refractivity contribution in [2.45, 2.75) is 6.42 Å². The van der Waals surface area contributed by atoms with E-state index in [0.717, 1.165) is 22.0 Å². The highest BCUT2D eigenvalue weighted by Crippen LogP contribution is 2.24. The molecule has 1 aromatic heterocycles. The van der Waals surface area contributed by atoms with Gasteiger partial charge in [-0.05, 0) is 35.9 Å². The first-order chi connectivity index (χ1) is 15.0. The average Bonchev–Trinajstić information content (AvgIpc) is 3.20. The topological polar surface area (TPSA) is 65.6 Å². The van der Waals surface area contributed by atoms with E-state index in [0.29, 0.717) is 43.4 Å². The van der Waals surface area contributed by atoms with E-state index in [1.165, 1.54) is 6.08 Å². The van der Waals surface area contributed by atoms with Gasteiger partial charge in [-0.25, -0.2) is 0 Å². The Balaban J connectivity index is 1.33. The summed E-state index contributed by atoms with van der Waals surface area (Å²) in [6.45, 7) is 2.08. The molecule has 0 spiro atoms. The molecule has 4 rings (SSSR count). The molecule has 160 valence electrons. The van der Waals surface area contributed by atoms with E-state index in [9.17, 15) is 9.59 Å². The number of ether oxygens (including phenoxy) is 1. The van der Waals surface area contributed by atoms with Gasteiger partial charge in [-0.2, -0.15) is 0 Å².